The lowest BCUT2D eigenvalue weighted by atomic mass is 9.53. The monoisotopic (exact) mass is 511 g/mol. The predicted octanol–water partition coefficient (Wildman–Crippen LogP) is 6.30. The number of fused-ring (bicyclic) bond motifs is 1. The molecule has 7 heteroatoms. The van der Waals surface area contributed by atoms with Crippen LogP contribution in [0, 0.1) is 29.6 Å². The summed E-state index contributed by atoms with van der Waals surface area (Å²) in [4.78, 5) is 16.7. The Labute approximate surface area is 218 Å². The lowest BCUT2D eigenvalue weighted by molar-refractivity contribution is -0.390. The van der Waals surface area contributed by atoms with Crippen LogP contribution in [-0.2, 0) is 14.5 Å². The minimum Gasteiger partial charge on any atom is -0.383 e. The summed E-state index contributed by atoms with van der Waals surface area (Å²) >= 11 is 6.10. The lowest BCUT2D eigenvalue weighted by Gasteiger charge is -2.57. The van der Waals surface area contributed by atoms with Crippen LogP contribution >= 0.6 is 11.6 Å². The molecule has 4 bridgehead atoms. The molecule has 0 unspecified atom stereocenters. The van der Waals surface area contributed by atoms with E-state index in [9.17, 15) is 0 Å². The Balaban J connectivity index is 0.844. The lowest BCUT2D eigenvalue weighted by Crippen LogP contribution is -2.59. The molecule has 1 aromatic heterocycles. The molecule has 5 saturated carbocycles. The first-order valence-electron chi connectivity index (χ1n) is 14.2. The Bertz CT molecular complexity index is 1070. The number of aromatic nitrogens is 1. The first-order valence-corrected chi connectivity index (χ1v) is 14.5. The summed E-state index contributed by atoms with van der Waals surface area (Å²) in [6.45, 7) is 2.85. The summed E-state index contributed by atoms with van der Waals surface area (Å²) in [6, 6.07) is 7.88. The van der Waals surface area contributed by atoms with Crippen molar-refractivity contribution in [3.63, 3.8) is 0 Å². The molecule has 6 nitrogen and oxygen atoms in total. The van der Waals surface area contributed by atoms with Crippen LogP contribution in [0.1, 0.15) is 64.2 Å². The smallest absolute Gasteiger partial charge is 0.210 e. The summed E-state index contributed by atoms with van der Waals surface area (Å²) in [5.74, 6) is 2.72. The van der Waals surface area contributed by atoms with Crippen molar-refractivity contribution in [1.82, 2.24) is 10.3 Å². The van der Waals surface area contributed by atoms with Crippen LogP contribution in [-0.4, -0.2) is 36.2 Å². The summed E-state index contributed by atoms with van der Waals surface area (Å²) < 4.78 is 6.86. The van der Waals surface area contributed by atoms with Gasteiger partial charge in [-0.1, -0.05) is 11.6 Å². The fourth-order valence-corrected chi connectivity index (χ4v) is 8.36. The molecule has 1 aliphatic heterocycles. The zero-order valence-electron chi connectivity index (χ0n) is 21.0. The second kappa shape index (κ2) is 9.39. The minimum atomic E-state index is -0.485. The number of nitrogens with one attached hydrogen (secondary N) is 2. The Morgan fingerprint density at radius 3 is 2.47 bits per heavy atom. The summed E-state index contributed by atoms with van der Waals surface area (Å²) in [7, 11) is 0. The van der Waals surface area contributed by atoms with Gasteiger partial charge in [0.05, 0.1) is 5.52 Å². The molecule has 1 saturated heterocycles. The van der Waals surface area contributed by atoms with E-state index >= 15 is 0 Å². The highest BCUT2D eigenvalue weighted by Crippen LogP contribution is 2.63. The topological polar surface area (TPSA) is 64.6 Å². The number of benzene rings is 1. The van der Waals surface area contributed by atoms with Gasteiger partial charge in [-0.25, -0.2) is 0 Å². The van der Waals surface area contributed by atoms with Gasteiger partial charge < -0.3 is 15.4 Å². The maximum absolute atomic E-state index is 6.86. The number of rotatable bonds is 7. The van der Waals surface area contributed by atoms with Crippen LogP contribution in [0.4, 0.5) is 5.69 Å². The molecule has 1 aromatic carbocycles. The van der Waals surface area contributed by atoms with Gasteiger partial charge in [0.2, 0.25) is 11.6 Å². The third kappa shape index (κ3) is 4.23. The zero-order chi connectivity index (χ0) is 24.2. The van der Waals surface area contributed by atoms with E-state index in [0.717, 1.165) is 79.7 Å². The number of hydrogen-bond acceptors (Lipinski definition) is 6. The molecule has 0 radical (unpaired) electrons. The molecule has 0 amide bonds. The molecule has 194 valence electrons. The third-order valence-corrected chi connectivity index (χ3v) is 10.1. The molecular formula is C29H38ClN3O3. The van der Waals surface area contributed by atoms with Gasteiger partial charge in [-0.15, -0.1) is 0 Å². The number of ether oxygens (including phenoxy) is 1. The molecule has 2 aromatic rings. The fraction of sp³-hybridized carbons (Fsp3) is 0.690. The average molecular weight is 512 g/mol. The third-order valence-electron chi connectivity index (χ3n) is 9.86. The Kier molecular flexibility index (Phi) is 6.17. The van der Waals surface area contributed by atoms with Crippen LogP contribution < -0.4 is 10.6 Å². The molecule has 2 spiro atoms. The van der Waals surface area contributed by atoms with Crippen molar-refractivity contribution >= 4 is 28.2 Å². The van der Waals surface area contributed by atoms with Crippen molar-refractivity contribution in [3.05, 3.63) is 35.5 Å². The van der Waals surface area contributed by atoms with E-state index in [0.29, 0.717) is 16.9 Å². The molecule has 6 fully saturated rings. The van der Waals surface area contributed by atoms with Crippen molar-refractivity contribution in [2.24, 2.45) is 29.6 Å². The van der Waals surface area contributed by atoms with Crippen molar-refractivity contribution in [3.8, 4) is 0 Å². The minimum absolute atomic E-state index is 0.429. The normalized spacial score (nSPS) is 39.0. The highest BCUT2D eigenvalue weighted by molar-refractivity contribution is 6.31. The molecule has 0 atom stereocenters. The number of pyridine rings is 1. The molecule has 36 heavy (non-hydrogen) atoms. The van der Waals surface area contributed by atoms with Gasteiger partial charge in [0, 0.05) is 60.1 Å². The Morgan fingerprint density at radius 2 is 1.69 bits per heavy atom. The van der Waals surface area contributed by atoms with Gasteiger partial charge in [0.15, 0.2) is 0 Å². The molecule has 2 N–H and O–H groups in total. The first-order chi connectivity index (χ1) is 17.6. The van der Waals surface area contributed by atoms with Crippen molar-refractivity contribution < 1.29 is 14.5 Å². The van der Waals surface area contributed by atoms with Crippen LogP contribution in [0.15, 0.2) is 30.5 Å². The second-order valence-corrected chi connectivity index (χ2v) is 12.6. The summed E-state index contributed by atoms with van der Waals surface area (Å²) in [5, 5.41) is 8.97. The molecule has 5 aliphatic carbocycles. The number of anilines is 1. The van der Waals surface area contributed by atoms with Crippen LogP contribution in [0.5, 0.6) is 0 Å². The van der Waals surface area contributed by atoms with Gasteiger partial charge in [-0.05, 0) is 99.9 Å². The highest BCUT2D eigenvalue weighted by atomic mass is 35.5. The largest absolute Gasteiger partial charge is 0.383 e. The van der Waals surface area contributed by atoms with Gasteiger partial charge in [-0.3, -0.25) is 4.98 Å². The molecule has 8 rings (SSSR count). The van der Waals surface area contributed by atoms with Crippen molar-refractivity contribution in [2.75, 3.05) is 25.0 Å². The Hall–Kier alpha value is -1.44. The number of nitrogens with zero attached hydrogens (tertiary/aromatic N) is 1. The number of hydrogen-bond donors (Lipinski definition) is 2. The quantitative estimate of drug-likeness (QED) is 0.336. The zero-order valence-corrected chi connectivity index (χ0v) is 21.8. The van der Waals surface area contributed by atoms with Crippen molar-refractivity contribution in [1.29, 1.82) is 0 Å². The maximum atomic E-state index is 6.86. The van der Waals surface area contributed by atoms with E-state index in [-0.39, 0.29) is 0 Å². The van der Waals surface area contributed by atoms with E-state index in [1.54, 1.807) is 0 Å². The van der Waals surface area contributed by atoms with Crippen LogP contribution in [0.3, 0.4) is 0 Å². The summed E-state index contributed by atoms with van der Waals surface area (Å²) in [5.41, 5.74) is 2.03. The molecule has 6 aliphatic rings. The maximum Gasteiger partial charge on any atom is 0.210 e. The Morgan fingerprint density at radius 1 is 0.917 bits per heavy atom. The molecular weight excluding hydrogens is 474 g/mol. The van der Waals surface area contributed by atoms with E-state index in [4.69, 9.17) is 26.1 Å². The first kappa shape index (κ1) is 23.7. The van der Waals surface area contributed by atoms with E-state index in [1.165, 1.54) is 38.5 Å². The fourth-order valence-electron chi connectivity index (χ4n) is 8.19. The van der Waals surface area contributed by atoms with Gasteiger partial charge >= 0.3 is 0 Å². The number of halogens is 1. The van der Waals surface area contributed by atoms with E-state index < -0.39 is 11.6 Å². The second-order valence-electron chi connectivity index (χ2n) is 12.1. The van der Waals surface area contributed by atoms with Gasteiger partial charge in [0.25, 0.3) is 0 Å². The summed E-state index contributed by atoms with van der Waals surface area (Å²) in [6.07, 6.45) is 13.8. The van der Waals surface area contributed by atoms with Gasteiger partial charge in [-0.2, -0.15) is 9.78 Å². The average Bonchev–Trinajstić information content (AvgIpc) is 3.25. The van der Waals surface area contributed by atoms with E-state index in [2.05, 4.69) is 15.6 Å². The van der Waals surface area contributed by atoms with E-state index in [1.807, 2.05) is 30.5 Å². The van der Waals surface area contributed by atoms with Gasteiger partial charge in [0.1, 0.15) is 0 Å². The molecule has 2 heterocycles. The highest BCUT2D eigenvalue weighted by Gasteiger charge is 2.66. The van der Waals surface area contributed by atoms with Crippen LogP contribution in [0.25, 0.3) is 10.9 Å². The standard InChI is InChI=1S/C29H38ClN3O3/c30-24-1-2-25-26(6-10-32-27(25)18-24)33-12-11-31-9-5-19-3-7-28(8-4-19)34-29(36-35-28)22-14-20-13-21(16-22)17-23(29)15-20/h1-2,6,10,18-23,31H,3-5,7-9,11-17H2,(H,32,33)/t19-,20?,21?,22?,23?,28+,29-. The predicted molar refractivity (Wildman–Crippen MR) is 140 cm³/mol. The van der Waals surface area contributed by atoms with Crippen LogP contribution in [0.2, 0.25) is 5.02 Å². The SMILES string of the molecule is Clc1ccc2c(NCCNCC[C@H]3CC[C@]4(CC3)OO[C@]3(O4)C4CC5CC(C4)CC3C5)ccnc2c1. The van der Waals surface area contributed by atoms with Crippen molar-refractivity contribution in [2.45, 2.75) is 75.8 Å².